The fourth-order valence-corrected chi connectivity index (χ4v) is 1.75. The first kappa shape index (κ1) is 7.95. The zero-order chi connectivity index (χ0) is 8.72. The predicted octanol–water partition coefficient (Wildman–Crippen LogP) is 3.11. The van der Waals surface area contributed by atoms with Crippen molar-refractivity contribution >= 4 is 38.6 Å². The Kier molecular flexibility index (Phi) is 1.77. The molecule has 1 N–H and O–H groups in total. The average Bonchev–Trinajstić information content (AvgIpc) is 2.28. The van der Waals surface area contributed by atoms with Gasteiger partial charge in [-0.15, -0.1) is 0 Å². The molecule has 0 aliphatic rings. The minimum Gasteiger partial charge on any atom is -0.506 e. The standard InChI is InChI=1S/C8H5BrClNO/c9-5-1-2-7-6(3-5)8(12)4-11(7)10/h1-4,12H. The van der Waals surface area contributed by atoms with Crippen LogP contribution in [0.1, 0.15) is 0 Å². The fraction of sp³-hybridized carbons (Fsp3) is 0. The Morgan fingerprint density at radius 3 is 2.92 bits per heavy atom. The highest BCUT2D eigenvalue weighted by Crippen LogP contribution is 2.29. The summed E-state index contributed by atoms with van der Waals surface area (Å²) in [7, 11) is 0. The van der Waals surface area contributed by atoms with E-state index in [0.717, 1.165) is 15.4 Å². The molecule has 0 aliphatic carbocycles. The maximum absolute atomic E-state index is 9.39. The molecule has 0 spiro atoms. The number of halogens is 2. The van der Waals surface area contributed by atoms with Gasteiger partial charge in [0, 0.05) is 21.6 Å². The third-order valence-corrected chi connectivity index (χ3v) is 2.47. The number of hydrogen-bond acceptors (Lipinski definition) is 1. The topological polar surface area (TPSA) is 25.2 Å². The van der Waals surface area contributed by atoms with E-state index in [1.165, 1.54) is 10.3 Å². The molecule has 0 radical (unpaired) electrons. The predicted molar refractivity (Wildman–Crippen MR) is 52.6 cm³/mol. The molecular formula is C8H5BrClNO. The first-order chi connectivity index (χ1) is 5.68. The van der Waals surface area contributed by atoms with Crippen LogP contribution in [0.15, 0.2) is 28.9 Å². The normalized spacial score (nSPS) is 10.8. The van der Waals surface area contributed by atoms with Crippen molar-refractivity contribution in [3.63, 3.8) is 0 Å². The number of nitrogens with zero attached hydrogens (tertiary/aromatic N) is 1. The Morgan fingerprint density at radius 1 is 1.42 bits per heavy atom. The number of rotatable bonds is 0. The highest BCUT2D eigenvalue weighted by atomic mass is 79.9. The SMILES string of the molecule is Oc1cn(Cl)c2ccc(Br)cc12. The van der Waals surface area contributed by atoms with E-state index < -0.39 is 0 Å². The van der Waals surface area contributed by atoms with Crippen molar-refractivity contribution in [2.75, 3.05) is 0 Å². The van der Waals surface area contributed by atoms with Crippen LogP contribution in [0.4, 0.5) is 0 Å². The average molecular weight is 246 g/mol. The molecule has 1 heterocycles. The van der Waals surface area contributed by atoms with Gasteiger partial charge < -0.3 is 5.11 Å². The van der Waals surface area contributed by atoms with E-state index in [1.807, 2.05) is 18.2 Å². The second-order valence-electron chi connectivity index (χ2n) is 2.49. The summed E-state index contributed by atoms with van der Waals surface area (Å²) in [6, 6.07) is 5.54. The Bertz CT molecular complexity index is 438. The number of aromatic hydroxyl groups is 1. The maximum atomic E-state index is 9.39. The van der Waals surface area contributed by atoms with Crippen LogP contribution in [0.5, 0.6) is 5.75 Å². The Morgan fingerprint density at radius 2 is 2.17 bits per heavy atom. The lowest BCUT2D eigenvalue weighted by Crippen LogP contribution is -1.74. The van der Waals surface area contributed by atoms with Gasteiger partial charge in [0.15, 0.2) is 0 Å². The molecule has 2 nitrogen and oxygen atoms in total. The monoisotopic (exact) mass is 245 g/mol. The molecule has 0 fully saturated rings. The molecule has 2 rings (SSSR count). The lowest BCUT2D eigenvalue weighted by molar-refractivity contribution is 0.481. The van der Waals surface area contributed by atoms with E-state index in [0.29, 0.717) is 0 Å². The minimum atomic E-state index is 0.196. The van der Waals surface area contributed by atoms with Crippen LogP contribution in [0, 0.1) is 0 Å². The molecule has 0 bridgehead atoms. The summed E-state index contributed by atoms with van der Waals surface area (Å²) in [5, 5.41) is 10.1. The van der Waals surface area contributed by atoms with Gasteiger partial charge in [-0.3, -0.25) is 4.09 Å². The highest BCUT2D eigenvalue weighted by molar-refractivity contribution is 9.10. The van der Waals surface area contributed by atoms with Crippen molar-refractivity contribution in [3.05, 3.63) is 28.9 Å². The van der Waals surface area contributed by atoms with E-state index >= 15 is 0 Å². The molecule has 12 heavy (non-hydrogen) atoms. The van der Waals surface area contributed by atoms with Crippen molar-refractivity contribution in [3.8, 4) is 5.75 Å². The van der Waals surface area contributed by atoms with Gasteiger partial charge in [-0.05, 0) is 18.2 Å². The lowest BCUT2D eigenvalue weighted by atomic mass is 10.2. The molecule has 4 heteroatoms. The third-order valence-electron chi connectivity index (χ3n) is 1.70. The number of fused-ring (bicyclic) bond motifs is 1. The van der Waals surface area contributed by atoms with Gasteiger partial charge in [0.2, 0.25) is 0 Å². The van der Waals surface area contributed by atoms with Crippen molar-refractivity contribution in [2.45, 2.75) is 0 Å². The Balaban J connectivity index is 2.90. The highest BCUT2D eigenvalue weighted by Gasteiger charge is 2.05. The summed E-state index contributed by atoms with van der Waals surface area (Å²) in [5.74, 6) is 0.196. The fourth-order valence-electron chi connectivity index (χ4n) is 1.15. The number of benzene rings is 1. The minimum absolute atomic E-state index is 0.196. The van der Waals surface area contributed by atoms with Crippen LogP contribution in [0.3, 0.4) is 0 Å². The molecule has 1 aromatic carbocycles. The summed E-state index contributed by atoms with van der Waals surface area (Å²) in [5.41, 5.74) is 0.803. The van der Waals surface area contributed by atoms with Crippen LogP contribution in [-0.4, -0.2) is 9.19 Å². The summed E-state index contributed by atoms with van der Waals surface area (Å²) in [6.45, 7) is 0. The first-order valence-electron chi connectivity index (χ1n) is 3.34. The zero-order valence-corrected chi connectivity index (χ0v) is 8.30. The van der Waals surface area contributed by atoms with Crippen LogP contribution in [0.25, 0.3) is 10.9 Å². The van der Waals surface area contributed by atoms with E-state index in [4.69, 9.17) is 11.8 Å². The molecule has 0 amide bonds. The van der Waals surface area contributed by atoms with Gasteiger partial charge in [-0.2, -0.15) is 0 Å². The van der Waals surface area contributed by atoms with E-state index in [9.17, 15) is 5.11 Å². The quantitative estimate of drug-likeness (QED) is 0.759. The van der Waals surface area contributed by atoms with Gasteiger partial charge in [-0.1, -0.05) is 15.9 Å². The third kappa shape index (κ3) is 1.09. The van der Waals surface area contributed by atoms with E-state index in [-0.39, 0.29) is 5.75 Å². The Hall–Kier alpha value is -0.670. The van der Waals surface area contributed by atoms with Crippen molar-refractivity contribution < 1.29 is 5.11 Å². The molecule has 2 aromatic rings. The summed E-state index contributed by atoms with van der Waals surface area (Å²) >= 11 is 9.08. The second-order valence-corrected chi connectivity index (χ2v) is 3.77. The molecule has 0 aliphatic heterocycles. The van der Waals surface area contributed by atoms with Gasteiger partial charge in [0.25, 0.3) is 0 Å². The van der Waals surface area contributed by atoms with Crippen molar-refractivity contribution in [1.82, 2.24) is 4.09 Å². The lowest BCUT2D eigenvalue weighted by Gasteiger charge is -1.93. The van der Waals surface area contributed by atoms with Crippen LogP contribution >= 0.6 is 27.7 Å². The van der Waals surface area contributed by atoms with Crippen molar-refractivity contribution in [1.29, 1.82) is 0 Å². The summed E-state index contributed by atoms with van der Waals surface area (Å²) < 4.78 is 2.30. The van der Waals surface area contributed by atoms with E-state index in [1.54, 1.807) is 0 Å². The summed E-state index contributed by atoms with van der Waals surface area (Å²) in [6.07, 6.45) is 1.47. The molecule has 0 saturated heterocycles. The number of aromatic nitrogens is 1. The van der Waals surface area contributed by atoms with Crippen LogP contribution in [-0.2, 0) is 0 Å². The first-order valence-corrected chi connectivity index (χ1v) is 4.47. The summed E-state index contributed by atoms with van der Waals surface area (Å²) in [4.78, 5) is 0. The molecule has 0 saturated carbocycles. The largest absolute Gasteiger partial charge is 0.506 e. The van der Waals surface area contributed by atoms with Gasteiger partial charge in [0.1, 0.15) is 5.75 Å². The van der Waals surface area contributed by atoms with Gasteiger partial charge in [-0.25, -0.2) is 0 Å². The van der Waals surface area contributed by atoms with Crippen molar-refractivity contribution in [2.24, 2.45) is 0 Å². The molecule has 1 aromatic heterocycles. The smallest absolute Gasteiger partial charge is 0.142 e. The Labute approximate surface area is 82.6 Å². The zero-order valence-electron chi connectivity index (χ0n) is 5.96. The van der Waals surface area contributed by atoms with Gasteiger partial charge in [0.05, 0.1) is 11.7 Å². The van der Waals surface area contributed by atoms with Gasteiger partial charge >= 0.3 is 0 Å². The van der Waals surface area contributed by atoms with Crippen LogP contribution in [0.2, 0.25) is 0 Å². The molecular weight excluding hydrogens is 241 g/mol. The second kappa shape index (κ2) is 2.68. The maximum Gasteiger partial charge on any atom is 0.142 e. The van der Waals surface area contributed by atoms with E-state index in [2.05, 4.69) is 15.9 Å². The molecule has 62 valence electrons. The van der Waals surface area contributed by atoms with Crippen LogP contribution < -0.4 is 0 Å². The molecule has 0 unspecified atom stereocenters. The number of hydrogen-bond donors (Lipinski definition) is 1. The molecule has 0 atom stereocenters.